The third-order valence-electron chi connectivity index (χ3n) is 3.67. The highest BCUT2D eigenvalue weighted by Crippen LogP contribution is 2.37. The molecule has 0 amide bonds. The van der Waals surface area contributed by atoms with Gasteiger partial charge in [-0.2, -0.15) is 0 Å². The van der Waals surface area contributed by atoms with Crippen molar-refractivity contribution in [2.45, 2.75) is 0 Å². The Morgan fingerprint density at radius 1 is 0.917 bits per heavy atom. The van der Waals surface area contributed by atoms with Crippen molar-refractivity contribution < 1.29 is 19.7 Å². The van der Waals surface area contributed by atoms with Crippen LogP contribution in [0.4, 0.5) is 0 Å². The number of rotatable bonds is 4. The van der Waals surface area contributed by atoms with Crippen molar-refractivity contribution in [1.82, 2.24) is 4.98 Å². The number of benzene rings is 2. The van der Waals surface area contributed by atoms with Gasteiger partial charge in [-0.1, -0.05) is 24.3 Å². The molecule has 0 aliphatic rings. The van der Waals surface area contributed by atoms with Crippen LogP contribution in [0.2, 0.25) is 0 Å². The Balaban J connectivity index is 1.97. The number of hydrogen-bond acceptors (Lipinski definition) is 5. The fourth-order valence-electron chi connectivity index (χ4n) is 2.43. The zero-order chi connectivity index (χ0) is 17.1. The van der Waals surface area contributed by atoms with E-state index in [0.717, 1.165) is 10.9 Å². The monoisotopic (exact) mass is 323 g/mol. The van der Waals surface area contributed by atoms with Gasteiger partial charge in [-0.3, -0.25) is 0 Å². The molecule has 122 valence electrons. The normalized spacial score (nSPS) is 11.1. The summed E-state index contributed by atoms with van der Waals surface area (Å²) >= 11 is 0. The first-order valence-electron chi connectivity index (χ1n) is 7.34. The number of phenolic OH excluding ortho intramolecular Hbond substituents is 2. The Bertz CT molecular complexity index is 893. The first-order valence-corrected chi connectivity index (χ1v) is 7.34. The minimum absolute atomic E-state index is 0.0362. The van der Waals surface area contributed by atoms with E-state index in [1.54, 1.807) is 24.3 Å². The number of aromatic nitrogens is 1. The second-order valence-corrected chi connectivity index (χ2v) is 5.19. The smallest absolute Gasteiger partial charge is 0.200 e. The molecule has 5 heteroatoms. The first-order chi connectivity index (χ1) is 11.6. The fraction of sp³-hybridized carbons (Fsp3) is 0.105. The van der Waals surface area contributed by atoms with Gasteiger partial charge in [-0.25, -0.2) is 4.98 Å². The van der Waals surface area contributed by atoms with E-state index < -0.39 is 0 Å². The van der Waals surface area contributed by atoms with Crippen LogP contribution in [-0.4, -0.2) is 29.4 Å². The summed E-state index contributed by atoms with van der Waals surface area (Å²) in [5.74, 6) is 0.776. The lowest BCUT2D eigenvalue weighted by atomic mass is 10.1. The Hall–Kier alpha value is -3.21. The van der Waals surface area contributed by atoms with Crippen molar-refractivity contribution in [3.05, 3.63) is 53.7 Å². The van der Waals surface area contributed by atoms with Gasteiger partial charge in [0, 0.05) is 5.39 Å². The van der Waals surface area contributed by atoms with Gasteiger partial charge in [-0.15, -0.1) is 0 Å². The van der Waals surface area contributed by atoms with Crippen LogP contribution in [0.25, 0.3) is 23.1 Å². The van der Waals surface area contributed by atoms with Crippen molar-refractivity contribution in [2.75, 3.05) is 14.2 Å². The minimum Gasteiger partial charge on any atom is -0.506 e. The van der Waals surface area contributed by atoms with E-state index in [2.05, 4.69) is 4.98 Å². The highest BCUT2D eigenvalue weighted by Gasteiger charge is 2.10. The van der Waals surface area contributed by atoms with Gasteiger partial charge < -0.3 is 19.7 Å². The maximum Gasteiger partial charge on any atom is 0.200 e. The Morgan fingerprint density at radius 2 is 1.62 bits per heavy atom. The van der Waals surface area contributed by atoms with E-state index in [4.69, 9.17) is 9.47 Å². The molecule has 2 N–H and O–H groups in total. The van der Waals surface area contributed by atoms with E-state index in [-0.39, 0.29) is 11.5 Å². The molecule has 0 unspecified atom stereocenters. The van der Waals surface area contributed by atoms with Gasteiger partial charge >= 0.3 is 0 Å². The predicted molar refractivity (Wildman–Crippen MR) is 93.5 cm³/mol. The zero-order valence-electron chi connectivity index (χ0n) is 13.4. The number of aromatic hydroxyl groups is 2. The number of fused-ring (bicyclic) bond motifs is 1. The molecule has 3 aromatic rings. The molecule has 0 saturated carbocycles. The van der Waals surface area contributed by atoms with Crippen molar-refractivity contribution in [3.63, 3.8) is 0 Å². The third kappa shape index (κ3) is 2.96. The van der Waals surface area contributed by atoms with Crippen LogP contribution in [0.3, 0.4) is 0 Å². The number of nitrogens with zero attached hydrogens (tertiary/aromatic N) is 1. The number of methoxy groups -OCH3 is 2. The molecule has 0 aliphatic heterocycles. The largest absolute Gasteiger partial charge is 0.506 e. The Labute approximate surface area is 139 Å². The lowest BCUT2D eigenvalue weighted by Gasteiger charge is -2.09. The number of para-hydroxylation sites is 1. The molecule has 0 aliphatic carbocycles. The highest BCUT2D eigenvalue weighted by molar-refractivity contribution is 5.85. The molecule has 0 radical (unpaired) electrons. The maximum absolute atomic E-state index is 9.93. The standard InChI is InChI=1S/C19H17NO4/c1-23-16-10-12(11-17(24-2)19(16)22)6-8-14-9-7-13-4-3-5-15(21)18(13)20-14/h3-11,21-22H,1-2H3/b8-6+. The van der Waals surface area contributed by atoms with Crippen LogP contribution in [0.1, 0.15) is 11.3 Å². The summed E-state index contributed by atoms with van der Waals surface area (Å²) in [7, 11) is 2.96. The van der Waals surface area contributed by atoms with Gasteiger partial charge in [0.25, 0.3) is 0 Å². The number of hydrogen-bond donors (Lipinski definition) is 2. The molecule has 1 heterocycles. The summed E-state index contributed by atoms with van der Waals surface area (Å²) in [6, 6.07) is 12.5. The number of pyridine rings is 1. The average molecular weight is 323 g/mol. The van der Waals surface area contributed by atoms with Crippen molar-refractivity contribution in [3.8, 4) is 23.0 Å². The van der Waals surface area contributed by atoms with Gasteiger partial charge in [-0.05, 0) is 35.9 Å². The quantitative estimate of drug-likeness (QED) is 0.763. The van der Waals surface area contributed by atoms with Crippen LogP contribution in [0.5, 0.6) is 23.0 Å². The van der Waals surface area contributed by atoms with Crippen LogP contribution in [-0.2, 0) is 0 Å². The molecular weight excluding hydrogens is 306 g/mol. The van der Waals surface area contributed by atoms with Gasteiger partial charge in [0.05, 0.1) is 19.9 Å². The maximum atomic E-state index is 9.93. The van der Waals surface area contributed by atoms with Gasteiger partial charge in [0.15, 0.2) is 11.5 Å². The molecule has 1 aromatic heterocycles. The van der Waals surface area contributed by atoms with Crippen LogP contribution < -0.4 is 9.47 Å². The van der Waals surface area contributed by atoms with E-state index >= 15 is 0 Å². The van der Waals surface area contributed by atoms with E-state index in [1.807, 2.05) is 30.4 Å². The molecular formula is C19H17NO4. The highest BCUT2D eigenvalue weighted by atomic mass is 16.5. The molecule has 0 atom stereocenters. The lowest BCUT2D eigenvalue weighted by molar-refractivity contribution is 0.340. The zero-order valence-corrected chi connectivity index (χ0v) is 13.4. The summed E-state index contributed by atoms with van der Waals surface area (Å²) in [4.78, 5) is 4.44. The topological polar surface area (TPSA) is 71.8 Å². The van der Waals surface area contributed by atoms with Crippen LogP contribution in [0.15, 0.2) is 42.5 Å². The molecule has 2 aromatic carbocycles. The lowest BCUT2D eigenvalue weighted by Crippen LogP contribution is -1.90. The third-order valence-corrected chi connectivity index (χ3v) is 3.67. The fourth-order valence-corrected chi connectivity index (χ4v) is 2.43. The van der Waals surface area contributed by atoms with E-state index in [1.165, 1.54) is 14.2 Å². The summed E-state index contributed by atoms with van der Waals surface area (Å²) in [6.07, 6.45) is 3.65. The number of ether oxygens (including phenoxy) is 2. The molecule has 5 nitrogen and oxygen atoms in total. The van der Waals surface area contributed by atoms with Crippen molar-refractivity contribution in [2.24, 2.45) is 0 Å². The van der Waals surface area contributed by atoms with Crippen molar-refractivity contribution >= 4 is 23.1 Å². The second-order valence-electron chi connectivity index (χ2n) is 5.19. The Kier molecular flexibility index (Phi) is 4.24. The average Bonchev–Trinajstić information content (AvgIpc) is 2.61. The summed E-state index contributed by atoms with van der Waals surface area (Å²) < 4.78 is 10.3. The minimum atomic E-state index is -0.0362. The molecule has 0 spiro atoms. The van der Waals surface area contributed by atoms with Crippen LogP contribution >= 0.6 is 0 Å². The van der Waals surface area contributed by atoms with Gasteiger partial charge in [0.2, 0.25) is 5.75 Å². The molecule has 0 bridgehead atoms. The molecule has 0 saturated heterocycles. The molecule has 0 fully saturated rings. The summed E-state index contributed by atoms with van der Waals surface area (Å²) in [5, 5.41) is 20.7. The second kappa shape index (κ2) is 6.50. The van der Waals surface area contributed by atoms with Crippen LogP contribution in [0, 0.1) is 0 Å². The number of phenols is 2. The predicted octanol–water partition coefficient (Wildman–Crippen LogP) is 3.83. The first kappa shape index (κ1) is 15.7. The van der Waals surface area contributed by atoms with E-state index in [0.29, 0.717) is 22.7 Å². The van der Waals surface area contributed by atoms with Crippen molar-refractivity contribution in [1.29, 1.82) is 0 Å². The summed E-state index contributed by atoms with van der Waals surface area (Å²) in [6.45, 7) is 0. The van der Waals surface area contributed by atoms with Gasteiger partial charge in [0.1, 0.15) is 11.3 Å². The SMILES string of the molecule is COc1cc(/C=C/c2ccc3cccc(O)c3n2)cc(OC)c1O. The molecule has 24 heavy (non-hydrogen) atoms. The van der Waals surface area contributed by atoms with E-state index in [9.17, 15) is 10.2 Å². The molecule has 3 rings (SSSR count). The summed E-state index contributed by atoms with van der Waals surface area (Å²) in [5.41, 5.74) is 2.05. The Morgan fingerprint density at radius 3 is 2.29 bits per heavy atom.